The zero-order chi connectivity index (χ0) is 11.8. The maximum absolute atomic E-state index is 12.8. The van der Waals surface area contributed by atoms with Gasteiger partial charge in [-0.25, -0.2) is 0 Å². The molecule has 88 valence electrons. The van der Waals surface area contributed by atoms with Gasteiger partial charge in [0.25, 0.3) is 0 Å². The van der Waals surface area contributed by atoms with Crippen molar-refractivity contribution >= 4 is 0 Å². The van der Waals surface area contributed by atoms with Gasteiger partial charge in [0.15, 0.2) is 0 Å². The highest BCUT2D eigenvalue weighted by molar-refractivity contribution is 5.46. The summed E-state index contributed by atoms with van der Waals surface area (Å²) in [6, 6.07) is 3.23. The molecule has 0 aromatic heterocycles. The predicted octanol–water partition coefficient (Wildman–Crippen LogP) is 2.44. The summed E-state index contributed by atoms with van der Waals surface area (Å²) in [5, 5.41) is 2.28. The van der Waals surface area contributed by atoms with E-state index in [9.17, 15) is 13.2 Å². The molecule has 1 heterocycles. The van der Waals surface area contributed by atoms with Gasteiger partial charge in [0.2, 0.25) is 0 Å². The number of hydrogen-bond acceptors (Lipinski definition) is 2. The van der Waals surface area contributed by atoms with Crippen LogP contribution in [0.3, 0.4) is 0 Å². The quantitative estimate of drug-likeness (QED) is 0.844. The lowest BCUT2D eigenvalue weighted by Gasteiger charge is -2.21. The predicted molar refractivity (Wildman–Crippen MR) is 53.5 cm³/mol. The highest BCUT2D eigenvalue weighted by atomic mass is 19.4. The highest BCUT2D eigenvalue weighted by Crippen LogP contribution is 2.40. The average Bonchev–Trinajstić information content (AvgIpc) is 2.65. The Morgan fingerprint density at radius 3 is 2.75 bits per heavy atom. The summed E-state index contributed by atoms with van der Waals surface area (Å²) in [6.45, 7) is 0.459. The van der Waals surface area contributed by atoms with Crippen molar-refractivity contribution in [2.45, 2.75) is 18.6 Å². The number of benzene rings is 1. The number of halogens is 3. The summed E-state index contributed by atoms with van der Waals surface area (Å²) in [5.41, 5.74) is 1.02. The molecule has 1 aromatic carbocycles. The lowest BCUT2D eigenvalue weighted by atomic mass is 10.0. The van der Waals surface area contributed by atoms with Crippen molar-refractivity contribution in [3.05, 3.63) is 29.3 Å². The van der Waals surface area contributed by atoms with E-state index in [2.05, 4.69) is 5.32 Å². The summed E-state index contributed by atoms with van der Waals surface area (Å²) in [7, 11) is 1.30. The maximum Gasteiger partial charge on any atom is 0.408 e. The van der Waals surface area contributed by atoms with Crippen molar-refractivity contribution in [1.29, 1.82) is 0 Å². The van der Waals surface area contributed by atoms with Crippen molar-refractivity contribution in [2.75, 3.05) is 13.7 Å². The van der Waals surface area contributed by atoms with Crippen molar-refractivity contribution in [1.82, 2.24) is 5.32 Å². The van der Waals surface area contributed by atoms with E-state index in [0.717, 1.165) is 5.56 Å². The Hall–Kier alpha value is -1.23. The smallest absolute Gasteiger partial charge is 0.408 e. The fourth-order valence-electron chi connectivity index (χ4n) is 1.96. The number of alkyl halides is 3. The first-order chi connectivity index (χ1) is 7.54. The fraction of sp³-hybridized carbons (Fsp3) is 0.455. The molecule has 0 bridgehead atoms. The molecule has 1 atom stereocenters. The van der Waals surface area contributed by atoms with E-state index >= 15 is 0 Å². The second-order valence-electron chi connectivity index (χ2n) is 3.70. The van der Waals surface area contributed by atoms with E-state index < -0.39 is 12.2 Å². The average molecular weight is 231 g/mol. The van der Waals surface area contributed by atoms with Gasteiger partial charge in [-0.3, -0.25) is 0 Å². The van der Waals surface area contributed by atoms with Gasteiger partial charge in [0.1, 0.15) is 11.8 Å². The van der Waals surface area contributed by atoms with Crippen molar-refractivity contribution in [2.24, 2.45) is 0 Å². The fourth-order valence-corrected chi connectivity index (χ4v) is 1.96. The Morgan fingerprint density at radius 2 is 2.12 bits per heavy atom. The highest BCUT2D eigenvalue weighted by Gasteiger charge is 2.42. The first-order valence-corrected chi connectivity index (χ1v) is 5.02. The monoisotopic (exact) mass is 231 g/mol. The molecule has 16 heavy (non-hydrogen) atoms. The Balaban J connectivity index is 2.43. The summed E-state index contributed by atoms with van der Waals surface area (Å²) in [4.78, 5) is 0. The van der Waals surface area contributed by atoms with Crippen LogP contribution in [0.15, 0.2) is 18.2 Å². The largest absolute Gasteiger partial charge is 0.493 e. The van der Waals surface area contributed by atoms with E-state index in [4.69, 9.17) is 4.74 Å². The van der Waals surface area contributed by atoms with Gasteiger partial charge in [-0.2, -0.15) is 13.2 Å². The Bertz CT molecular complexity index is 389. The van der Waals surface area contributed by atoms with Gasteiger partial charge in [0, 0.05) is 12.0 Å². The van der Waals surface area contributed by atoms with Crippen molar-refractivity contribution in [3.63, 3.8) is 0 Å². The standard InChI is InChI=1S/C11H12F3NO/c1-15-10(11(12,13)14)8-4-2-3-7-5-6-16-9(7)8/h2-4,10,15H,5-6H2,1H3. The molecule has 1 N–H and O–H groups in total. The molecule has 2 rings (SSSR count). The number of fused-ring (bicyclic) bond motifs is 1. The van der Waals surface area contributed by atoms with E-state index in [1.165, 1.54) is 13.1 Å². The number of para-hydroxylation sites is 1. The number of nitrogens with one attached hydrogen (secondary N) is 1. The Kier molecular flexibility index (Phi) is 2.80. The molecule has 0 amide bonds. The first-order valence-electron chi connectivity index (χ1n) is 5.02. The van der Waals surface area contributed by atoms with E-state index in [-0.39, 0.29) is 5.56 Å². The maximum atomic E-state index is 12.8. The van der Waals surface area contributed by atoms with Crippen LogP contribution in [0.1, 0.15) is 17.2 Å². The van der Waals surface area contributed by atoms with Gasteiger partial charge in [-0.1, -0.05) is 18.2 Å². The molecule has 0 saturated heterocycles. The minimum atomic E-state index is -4.31. The molecule has 0 aliphatic carbocycles. The molecular weight excluding hydrogens is 219 g/mol. The van der Waals surface area contributed by atoms with E-state index in [0.29, 0.717) is 18.8 Å². The topological polar surface area (TPSA) is 21.3 Å². The molecule has 1 aliphatic rings. The minimum Gasteiger partial charge on any atom is -0.493 e. The second kappa shape index (κ2) is 3.97. The molecule has 1 unspecified atom stereocenters. The van der Waals surface area contributed by atoms with Crippen LogP contribution in [0.5, 0.6) is 5.75 Å². The number of hydrogen-bond donors (Lipinski definition) is 1. The Labute approximate surface area is 91.4 Å². The zero-order valence-corrected chi connectivity index (χ0v) is 8.77. The Morgan fingerprint density at radius 1 is 1.38 bits per heavy atom. The van der Waals surface area contributed by atoms with Crippen molar-refractivity contribution in [3.8, 4) is 5.75 Å². The van der Waals surface area contributed by atoms with Gasteiger partial charge >= 0.3 is 6.18 Å². The summed E-state index contributed by atoms with van der Waals surface area (Å²) >= 11 is 0. The van der Waals surface area contributed by atoms with Crippen LogP contribution in [-0.4, -0.2) is 19.8 Å². The van der Waals surface area contributed by atoms with Gasteiger partial charge in [-0.05, 0) is 12.6 Å². The third-order valence-corrected chi connectivity index (χ3v) is 2.67. The number of ether oxygens (including phenoxy) is 1. The molecule has 0 fully saturated rings. The van der Waals surface area contributed by atoms with Crippen LogP contribution < -0.4 is 10.1 Å². The van der Waals surface area contributed by atoms with Gasteiger partial charge in [-0.15, -0.1) is 0 Å². The summed E-state index contributed by atoms with van der Waals surface area (Å²) in [5.74, 6) is 0.388. The van der Waals surface area contributed by atoms with Crippen LogP contribution in [0.2, 0.25) is 0 Å². The van der Waals surface area contributed by atoms with Crippen molar-refractivity contribution < 1.29 is 17.9 Å². The first kappa shape index (κ1) is 11.3. The van der Waals surface area contributed by atoms with Crippen LogP contribution in [0.4, 0.5) is 13.2 Å². The normalized spacial score (nSPS) is 16.8. The van der Waals surface area contributed by atoms with Crippen LogP contribution >= 0.6 is 0 Å². The second-order valence-corrected chi connectivity index (χ2v) is 3.70. The van der Waals surface area contributed by atoms with Crippen LogP contribution in [0.25, 0.3) is 0 Å². The minimum absolute atomic E-state index is 0.171. The molecule has 2 nitrogen and oxygen atoms in total. The zero-order valence-electron chi connectivity index (χ0n) is 8.77. The molecular formula is C11H12F3NO. The lowest BCUT2D eigenvalue weighted by molar-refractivity contribution is -0.156. The lowest BCUT2D eigenvalue weighted by Crippen LogP contribution is -2.31. The molecule has 0 spiro atoms. The summed E-state index contributed by atoms with van der Waals surface area (Å²) < 4.78 is 43.5. The molecule has 5 heteroatoms. The third kappa shape index (κ3) is 1.87. The summed E-state index contributed by atoms with van der Waals surface area (Å²) in [6.07, 6.45) is -3.63. The molecule has 1 aromatic rings. The van der Waals surface area contributed by atoms with Gasteiger partial charge in [0.05, 0.1) is 6.61 Å². The molecule has 0 radical (unpaired) electrons. The van der Waals surface area contributed by atoms with Gasteiger partial charge < -0.3 is 10.1 Å². The SMILES string of the molecule is CNC(c1cccc2c1OCC2)C(F)(F)F. The van der Waals surface area contributed by atoms with E-state index in [1.54, 1.807) is 12.1 Å². The van der Waals surface area contributed by atoms with E-state index in [1.807, 2.05) is 0 Å². The van der Waals surface area contributed by atoms with Crippen LogP contribution in [0, 0.1) is 0 Å². The molecule has 0 saturated carbocycles. The number of rotatable bonds is 2. The molecule has 1 aliphatic heterocycles. The van der Waals surface area contributed by atoms with Crippen LogP contribution in [-0.2, 0) is 6.42 Å². The third-order valence-electron chi connectivity index (χ3n) is 2.67.